The van der Waals surface area contributed by atoms with Crippen molar-refractivity contribution in [2.24, 2.45) is 0 Å². The maximum Gasteiger partial charge on any atom is -0.00488 e. The topological polar surface area (TPSA) is 12.0 Å². The standard InChI is InChI=1S/C17H29N/c1-4-12-18-13-8-7-9-15-10-11-16(5-2)17(6-3)14-15/h10-11,14,18H,4-9,12-13H2,1-3H3. The van der Waals surface area contributed by atoms with Gasteiger partial charge in [-0.25, -0.2) is 0 Å². The van der Waals surface area contributed by atoms with E-state index < -0.39 is 0 Å². The lowest BCUT2D eigenvalue weighted by atomic mass is 9.98. The van der Waals surface area contributed by atoms with Gasteiger partial charge in [0.2, 0.25) is 0 Å². The molecule has 0 fully saturated rings. The Hall–Kier alpha value is -0.820. The fourth-order valence-electron chi connectivity index (χ4n) is 2.39. The average Bonchev–Trinajstić information content (AvgIpc) is 2.42. The van der Waals surface area contributed by atoms with E-state index in [4.69, 9.17) is 0 Å². The van der Waals surface area contributed by atoms with Crippen molar-refractivity contribution in [2.45, 2.75) is 59.3 Å². The first kappa shape index (κ1) is 15.2. The van der Waals surface area contributed by atoms with Gasteiger partial charge < -0.3 is 5.32 Å². The van der Waals surface area contributed by atoms with Crippen LogP contribution in [0.5, 0.6) is 0 Å². The van der Waals surface area contributed by atoms with Crippen LogP contribution in [0.3, 0.4) is 0 Å². The number of unbranched alkanes of at least 4 members (excludes halogenated alkanes) is 1. The minimum absolute atomic E-state index is 1.16. The molecule has 1 N–H and O–H groups in total. The molecule has 0 aliphatic heterocycles. The molecule has 0 unspecified atom stereocenters. The smallest absolute Gasteiger partial charge is 0.00488 e. The average molecular weight is 247 g/mol. The molecule has 0 saturated carbocycles. The summed E-state index contributed by atoms with van der Waals surface area (Å²) < 4.78 is 0. The zero-order valence-corrected chi connectivity index (χ0v) is 12.4. The molecule has 1 nitrogen and oxygen atoms in total. The number of benzene rings is 1. The zero-order chi connectivity index (χ0) is 13.2. The molecule has 0 atom stereocenters. The SMILES string of the molecule is CCCNCCCCc1ccc(CC)c(CC)c1. The van der Waals surface area contributed by atoms with Gasteiger partial charge >= 0.3 is 0 Å². The van der Waals surface area contributed by atoms with Crippen LogP contribution < -0.4 is 5.32 Å². The Morgan fingerprint density at radius 2 is 1.67 bits per heavy atom. The Labute approximate surface area is 113 Å². The molecule has 1 aromatic rings. The molecule has 1 heteroatoms. The van der Waals surface area contributed by atoms with Gasteiger partial charge in [-0.15, -0.1) is 0 Å². The van der Waals surface area contributed by atoms with Gasteiger partial charge in [-0.1, -0.05) is 39.0 Å². The normalized spacial score (nSPS) is 10.8. The highest BCUT2D eigenvalue weighted by Gasteiger charge is 2.01. The van der Waals surface area contributed by atoms with Gasteiger partial charge in [0.15, 0.2) is 0 Å². The van der Waals surface area contributed by atoms with Crippen LogP contribution in [-0.4, -0.2) is 13.1 Å². The largest absolute Gasteiger partial charge is 0.317 e. The van der Waals surface area contributed by atoms with E-state index in [0.29, 0.717) is 0 Å². The summed E-state index contributed by atoms with van der Waals surface area (Å²) in [7, 11) is 0. The first-order valence-corrected chi connectivity index (χ1v) is 7.63. The van der Waals surface area contributed by atoms with Crippen molar-refractivity contribution in [3.63, 3.8) is 0 Å². The number of hydrogen-bond acceptors (Lipinski definition) is 1. The maximum absolute atomic E-state index is 3.46. The molecular formula is C17H29N. The van der Waals surface area contributed by atoms with E-state index in [0.717, 1.165) is 19.4 Å². The number of nitrogens with one attached hydrogen (secondary N) is 1. The van der Waals surface area contributed by atoms with Crippen LogP contribution in [-0.2, 0) is 19.3 Å². The lowest BCUT2D eigenvalue weighted by Gasteiger charge is -2.09. The molecule has 0 amide bonds. The van der Waals surface area contributed by atoms with Crippen molar-refractivity contribution in [1.82, 2.24) is 5.32 Å². The first-order valence-electron chi connectivity index (χ1n) is 7.63. The van der Waals surface area contributed by atoms with Crippen LogP contribution in [0.25, 0.3) is 0 Å². The lowest BCUT2D eigenvalue weighted by molar-refractivity contribution is 0.616. The molecule has 0 aliphatic rings. The summed E-state index contributed by atoms with van der Waals surface area (Å²) in [4.78, 5) is 0. The Kier molecular flexibility index (Phi) is 7.75. The molecule has 0 aliphatic carbocycles. The quantitative estimate of drug-likeness (QED) is 0.647. The van der Waals surface area contributed by atoms with Crippen molar-refractivity contribution < 1.29 is 0 Å². The van der Waals surface area contributed by atoms with E-state index in [9.17, 15) is 0 Å². The van der Waals surface area contributed by atoms with Crippen molar-refractivity contribution in [2.75, 3.05) is 13.1 Å². The highest BCUT2D eigenvalue weighted by molar-refractivity contribution is 5.32. The monoisotopic (exact) mass is 247 g/mol. The highest BCUT2D eigenvalue weighted by Crippen LogP contribution is 2.15. The van der Waals surface area contributed by atoms with Crippen molar-refractivity contribution in [3.8, 4) is 0 Å². The molecule has 1 aromatic carbocycles. The van der Waals surface area contributed by atoms with Crippen molar-refractivity contribution >= 4 is 0 Å². The molecule has 0 aromatic heterocycles. The summed E-state index contributed by atoms with van der Waals surface area (Å²) in [5, 5.41) is 3.46. The minimum atomic E-state index is 1.16. The van der Waals surface area contributed by atoms with E-state index in [-0.39, 0.29) is 0 Å². The fraction of sp³-hybridized carbons (Fsp3) is 0.647. The Morgan fingerprint density at radius 1 is 0.889 bits per heavy atom. The summed E-state index contributed by atoms with van der Waals surface area (Å²) in [6.07, 6.45) is 7.37. The van der Waals surface area contributed by atoms with Gasteiger partial charge in [0.25, 0.3) is 0 Å². The molecule has 18 heavy (non-hydrogen) atoms. The Balaban J connectivity index is 2.34. The summed E-state index contributed by atoms with van der Waals surface area (Å²) >= 11 is 0. The van der Waals surface area contributed by atoms with E-state index in [1.165, 1.54) is 43.4 Å². The van der Waals surface area contributed by atoms with Gasteiger partial charge in [0.05, 0.1) is 0 Å². The van der Waals surface area contributed by atoms with E-state index >= 15 is 0 Å². The van der Waals surface area contributed by atoms with Crippen LogP contribution in [0.15, 0.2) is 18.2 Å². The second kappa shape index (κ2) is 9.16. The molecule has 102 valence electrons. The predicted octanol–water partition coefficient (Wildman–Crippen LogP) is 4.13. The molecule has 0 saturated heterocycles. The maximum atomic E-state index is 3.46. The second-order valence-corrected chi connectivity index (χ2v) is 5.02. The Bertz CT molecular complexity index is 330. The third kappa shape index (κ3) is 5.22. The molecule has 0 radical (unpaired) electrons. The van der Waals surface area contributed by atoms with Gasteiger partial charge in [-0.05, 0) is 68.3 Å². The number of aryl methyl sites for hydroxylation is 3. The van der Waals surface area contributed by atoms with Crippen LogP contribution >= 0.6 is 0 Å². The second-order valence-electron chi connectivity index (χ2n) is 5.02. The first-order chi connectivity index (χ1) is 8.81. The number of rotatable bonds is 9. The highest BCUT2D eigenvalue weighted by atomic mass is 14.8. The molecular weight excluding hydrogens is 218 g/mol. The summed E-state index contributed by atoms with van der Waals surface area (Å²) in [6.45, 7) is 9.04. The van der Waals surface area contributed by atoms with Crippen LogP contribution in [0, 0.1) is 0 Å². The third-order valence-electron chi connectivity index (χ3n) is 3.53. The van der Waals surface area contributed by atoms with Gasteiger partial charge in [-0.3, -0.25) is 0 Å². The molecule has 0 bridgehead atoms. The van der Waals surface area contributed by atoms with Gasteiger partial charge in [0, 0.05) is 0 Å². The summed E-state index contributed by atoms with van der Waals surface area (Å²) in [5.41, 5.74) is 4.57. The third-order valence-corrected chi connectivity index (χ3v) is 3.53. The van der Waals surface area contributed by atoms with Gasteiger partial charge in [-0.2, -0.15) is 0 Å². The zero-order valence-electron chi connectivity index (χ0n) is 12.4. The fourth-order valence-corrected chi connectivity index (χ4v) is 2.39. The molecule has 0 heterocycles. The lowest BCUT2D eigenvalue weighted by Crippen LogP contribution is -2.15. The van der Waals surface area contributed by atoms with Crippen molar-refractivity contribution in [3.05, 3.63) is 34.9 Å². The van der Waals surface area contributed by atoms with Crippen molar-refractivity contribution in [1.29, 1.82) is 0 Å². The minimum Gasteiger partial charge on any atom is -0.317 e. The molecule has 0 spiro atoms. The summed E-state index contributed by atoms with van der Waals surface area (Å²) in [6, 6.07) is 7.05. The predicted molar refractivity (Wildman–Crippen MR) is 81.3 cm³/mol. The van der Waals surface area contributed by atoms with Crippen LogP contribution in [0.4, 0.5) is 0 Å². The Morgan fingerprint density at radius 3 is 2.33 bits per heavy atom. The van der Waals surface area contributed by atoms with E-state index in [1.54, 1.807) is 5.56 Å². The van der Waals surface area contributed by atoms with Crippen LogP contribution in [0.1, 0.15) is 56.7 Å². The molecule has 1 rings (SSSR count). The summed E-state index contributed by atoms with van der Waals surface area (Å²) in [5.74, 6) is 0. The number of hydrogen-bond donors (Lipinski definition) is 1. The van der Waals surface area contributed by atoms with E-state index in [2.05, 4.69) is 44.3 Å². The van der Waals surface area contributed by atoms with E-state index in [1.807, 2.05) is 0 Å². The van der Waals surface area contributed by atoms with Gasteiger partial charge in [0.1, 0.15) is 0 Å². The van der Waals surface area contributed by atoms with Crippen LogP contribution in [0.2, 0.25) is 0 Å².